The van der Waals surface area contributed by atoms with Crippen LogP contribution in [0.15, 0.2) is 12.3 Å². The minimum absolute atomic E-state index is 0.0129. The first-order valence-corrected chi connectivity index (χ1v) is 5.12. The highest BCUT2D eigenvalue weighted by molar-refractivity contribution is 6.33. The first kappa shape index (κ1) is 13.2. The van der Waals surface area contributed by atoms with Gasteiger partial charge in [0.1, 0.15) is 18.1 Å². The van der Waals surface area contributed by atoms with Crippen LogP contribution in [0.5, 0.6) is 0 Å². The summed E-state index contributed by atoms with van der Waals surface area (Å²) >= 11 is 5.76. The van der Waals surface area contributed by atoms with Gasteiger partial charge in [-0.05, 0) is 6.42 Å². The van der Waals surface area contributed by atoms with Crippen LogP contribution in [0.4, 0.5) is 11.5 Å². The lowest BCUT2D eigenvalue weighted by atomic mass is 10.2. The number of halogens is 1. The smallest absolute Gasteiger partial charge is 0.326 e. The van der Waals surface area contributed by atoms with E-state index in [0.717, 1.165) is 12.3 Å². The van der Waals surface area contributed by atoms with Crippen LogP contribution in [-0.2, 0) is 4.79 Å². The van der Waals surface area contributed by atoms with E-state index in [1.807, 2.05) is 0 Å². The number of carboxylic acids is 1. The SMILES string of the molecule is CCC(Nc1ncc([N+](=O)[O-])cc1Cl)C(=O)O. The Hall–Kier alpha value is -1.89. The maximum absolute atomic E-state index is 10.8. The van der Waals surface area contributed by atoms with Crippen molar-refractivity contribution in [2.45, 2.75) is 19.4 Å². The zero-order valence-corrected chi connectivity index (χ0v) is 9.64. The molecule has 8 heteroatoms. The first-order valence-electron chi connectivity index (χ1n) is 4.75. The minimum atomic E-state index is -1.04. The molecule has 0 aromatic carbocycles. The Balaban J connectivity index is 2.93. The van der Waals surface area contributed by atoms with Crippen LogP contribution in [0.2, 0.25) is 5.02 Å². The highest BCUT2D eigenvalue weighted by Crippen LogP contribution is 2.24. The van der Waals surface area contributed by atoms with Crippen LogP contribution in [0, 0.1) is 10.1 Å². The van der Waals surface area contributed by atoms with Crippen molar-refractivity contribution in [1.82, 2.24) is 4.98 Å². The van der Waals surface area contributed by atoms with Crippen LogP contribution in [-0.4, -0.2) is 27.0 Å². The van der Waals surface area contributed by atoms with Crippen molar-refractivity contribution in [2.75, 3.05) is 5.32 Å². The van der Waals surface area contributed by atoms with E-state index in [4.69, 9.17) is 16.7 Å². The number of aliphatic carboxylic acids is 1. The van der Waals surface area contributed by atoms with E-state index in [9.17, 15) is 14.9 Å². The van der Waals surface area contributed by atoms with Gasteiger partial charge in [-0.1, -0.05) is 18.5 Å². The summed E-state index contributed by atoms with van der Waals surface area (Å²) in [6, 6.07) is 0.285. The fraction of sp³-hybridized carbons (Fsp3) is 0.333. The summed E-state index contributed by atoms with van der Waals surface area (Å²) < 4.78 is 0. The molecule has 0 fully saturated rings. The largest absolute Gasteiger partial charge is 0.480 e. The van der Waals surface area contributed by atoms with E-state index in [2.05, 4.69) is 10.3 Å². The third-order valence-corrected chi connectivity index (χ3v) is 2.34. The average molecular weight is 260 g/mol. The summed E-state index contributed by atoms with van der Waals surface area (Å²) in [5.41, 5.74) is -0.246. The van der Waals surface area contributed by atoms with Gasteiger partial charge >= 0.3 is 5.97 Å². The molecule has 1 aromatic rings. The summed E-state index contributed by atoms with van der Waals surface area (Å²) in [4.78, 5) is 24.3. The highest BCUT2D eigenvalue weighted by Gasteiger charge is 2.18. The van der Waals surface area contributed by atoms with Crippen LogP contribution >= 0.6 is 11.6 Å². The first-order chi connectivity index (χ1) is 7.95. The van der Waals surface area contributed by atoms with Gasteiger partial charge in [0.15, 0.2) is 0 Å². The van der Waals surface area contributed by atoms with E-state index >= 15 is 0 Å². The Kier molecular flexibility index (Phi) is 4.22. The van der Waals surface area contributed by atoms with E-state index < -0.39 is 16.9 Å². The number of nitrogens with zero attached hydrogens (tertiary/aromatic N) is 2. The Labute approximate surface area is 102 Å². The molecule has 0 saturated heterocycles. The van der Waals surface area contributed by atoms with E-state index in [0.29, 0.717) is 6.42 Å². The molecule has 1 rings (SSSR count). The topological polar surface area (TPSA) is 105 Å². The van der Waals surface area contributed by atoms with Gasteiger partial charge in [-0.25, -0.2) is 9.78 Å². The second kappa shape index (κ2) is 5.44. The maximum atomic E-state index is 10.8. The molecule has 0 aliphatic rings. The molecule has 1 heterocycles. The van der Waals surface area contributed by atoms with Crippen molar-refractivity contribution < 1.29 is 14.8 Å². The molecule has 0 aliphatic heterocycles. The molecular formula is C9H10ClN3O4. The van der Waals surface area contributed by atoms with Crippen LogP contribution in [0.1, 0.15) is 13.3 Å². The summed E-state index contributed by atoms with van der Waals surface area (Å²) in [5.74, 6) is -0.921. The number of hydrogen-bond acceptors (Lipinski definition) is 5. The molecule has 0 saturated carbocycles. The number of aromatic nitrogens is 1. The van der Waals surface area contributed by atoms with Gasteiger partial charge in [-0.15, -0.1) is 0 Å². The van der Waals surface area contributed by atoms with Crippen LogP contribution < -0.4 is 5.32 Å². The molecule has 1 atom stereocenters. The Morgan fingerprint density at radius 3 is 2.82 bits per heavy atom. The number of pyridine rings is 1. The number of rotatable bonds is 5. The fourth-order valence-corrected chi connectivity index (χ4v) is 1.35. The number of carbonyl (C=O) groups is 1. The summed E-state index contributed by atoms with van der Waals surface area (Å²) in [7, 11) is 0. The van der Waals surface area contributed by atoms with E-state index in [1.165, 1.54) is 0 Å². The zero-order chi connectivity index (χ0) is 13.0. The molecule has 0 bridgehead atoms. The number of nitrogens with one attached hydrogen (secondary N) is 1. The maximum Gasteiger partial charge on any atom is 0.326 e. The highest BCUT2D eigenvalue weighted by atomic mass is 35.5. The molecule has 7 nitrogen and oxygen atoms in total. The second-order valence-electron chi connectivity index (χ2n) is 3.22. The van der Waals surface area contributed by atoms with E-state index in [-0.39, 0.29) is 16.5 Å². The average Bonchev–Trinajstić information content (AvgIpc) is 2.26. The molecule has 1 unspecified atom stereocenters. The quantitative estimate of drug-likeness (QED) is 0.618. The van der Waals surface area contributed by atoms with Crippen molar-refractivity contribution in [3.05, 3.63) is 27.4 Å². The molecule has 17 heavy (non-hydrogen) atoms. The monoisotopic (exact) mass is 259 g/mol. The van der Waals surface area contributed by atoms with Gasteiger partial charge in [0.25, 0.3) is 5.69 Å². The van der Waals surface area contributed by atoms with Gasteiger partial charge in [0, 0.05) is 6.07 Å². The Bertz CT molecular complexity index is 452. The lowest BCUT2D eigenvalue weighted by Gasteiger charge is -2.13. The lowest BCUT2D eigenvalue weighted by Crippen LogP contribution is -2.28. The van der Waals surface area contributed by atoms with Gasteiger partial charge < -0.3 is 10.4 Å². The summed E-state index contributed by atoms with van der Waals surface area (Å²) in [5, 5.41) is 21.9. The summed E-state index contributed by atoms with van der Waals surface area (Å²) in [6.45, 7) is 1.69. The molecule has 0 radical (unpaired) electrons. The normalized spacial score (nSPS) is 11.9. The van der Waals surface area contributed by atoms with Crippen molar-refractivity contribution >= 4 is 29.1 Å². The van der Waals surface area contributed by atoms with Crippen LogP contribution in [0.25, 0.3) is 0 Å². The minimum Gasteiger partial charge on any atom is -0.480 e. The Morgan fingerprint density at radius 2 is 2.41 bits per heavy atom. The van der Waals surface area contributed by atoms with Gasteiger partial charge in [0.05, 0.1) is 9.95 Å². The lowest BCUT2D eigenvalue weighted by molar-refractivity contribution is -0.385. The van der Waals surface area contributed by atoms with E-state index in [1.54, 1.807) is 6.92 Å². The standard InChI is InChI=1S/C9H10ClN3O4/c1-2-7(9(14)15)12-8-6(10)3-5(4-11-8)13(16)17/h3-4,7H,2H2,1H3,(H,11,12)(H,14,15). The van der Waals surface area contributed by atoms with Crippen LogP contribution in [0.3, 0.4) is 0 Å². The molecular weight excluding hydrogens is 250 g/mol. The van der Waals surface area contributed by atoms with Crippen molar-refractivity contribution in [3.8, 4) is 0 Å². The van der Waals surface area contributed by atoms with Gasteiger partial charge in [-0.3, -0.25) is 10.1 Å². The number of nitro groups is 1. The molecule has 0 amide bonds. The number of hydrogen-bond donors (Lipinski definition) is 2. The van der Waals surface area contributed by atoms with Gasteiger partial charge in [-0.2, -0.15) is 0 Å². The van der Waals surface area contributed by atoms with Gasteiger partial charge in [0.2, 0.25) is 0 Å². The van der Waals surface area contributed by atoms with Crippen molar-refractivity contribution in [2.24, 2.45) is 0 Å². The Morgan fingerprint density at radius 1 is 1.76 bits per heavy atom. The third kappa shape index (κ3) is 3.28. The molecule has 92 valence electrons. The third-order valence-electron chi connectivity index (χ3n) is 2.05. The predicted molar refractivity (Wildman–Crippen MR) is 61.2 cm³/mol. The number of anilines is 1. The molecule has 1 aromatic heterocycles. The second-order valence-corrected chi connectivity index (χ2v) is 3.63. The van der Waals surface area contributed by atoms with Crippen molar-refractivity contribution in [1.29, 1.82) is 0 Å². The molecule has 0 aliphatic carbocycles. The predicted octanol–water partition coefficient (Wildman–Crippen LogP) is 1.92. The summed E-state index contributed by atoms with van der Waals surface area (Å²) in [6.07, 6.45) is 1.35. The number of carboxylic acid groups (broad SMARTS) is 1. The fourth-order valence-electron chi connectivity index (χ4n) is 1.14. The zero-order valence-electron chi connectivity index (χ0n) is 8.88. The molecule has 0 spiro atoms. The van der Waals surface area contributed by atoms with Crippen molar-refractivity contribution in [3.63, 3.8) is 0 Å². The molecule has 2 N–H and O–H groups in total.